The van der Waals surface area contributed by atoms with Crippen molar-refractivity contribution >= 4 is 5.70 Å². The number of ether oxygens (including phenoxy) is 1. The lowest BCUT2D eigenvalue weighted by Crippen LogP contribution is -2.50. The summed E-state index contributed by atoms with van der Waals surface area (Å²) in [6.07, 6.45) is 4.27. The third kappa shape index (κ3) is 6.75. The van der Waals surface area contributed by atoms with E-state index in [-0.39, 0.29) is 32.0 Å². The summed E-state index contributed by atoms with van der Waals surface area (Å²) in [5.74, 6) is 0.894. The zero-order valence-corrected chi connectivity index (χ0v) is 24.3. The average molecular weight is 572 g/mol. The number of halogens is 3. The zero-order chi connectivity index (χ0) is 29.0. The zero-order valence-electron chi connectivity index (χ0n) is 24.3. The number of benzene rings is 1. The van der Waals surface area contributed by atoms with Gasteiger partial charge >= 0.3 is 6.18 Å². The maximum atomic E-state index is 14.0. The third-order valence-electron chi connectivity index (χ3n) is 9.65. The second-order valence-electron chi connectivity index (χ2n) is 12.4. The van der Waals surface area contributed by atoms with E-state index in [1.807, 2.05) is 23.2 Å². The second kappa shape index (κ2) is 12.7. The van der Waals surface area contributed by atoms with E-state index in [0.29, 0.717) is 44.3 Å². The van der Waals surface area contributed by atoms with Crippen molar-refractivity contribution in [1.82, 2.24) is 14.8 Å². The van der Waals surface area contributed by atoms with Crippen LogP contribution in [0.2, 0.25) is 0 Å². The summed E-state index contributed by atoms with van der Waals surface area (Å²) in [4.78, 5) is 8.77. The summed E-state index contributed by atoms with van der Waals surface area (Å²) in [6, 6.07) is 10.4. The Kier molecular flexibility index (Phi) is 9.29. The van der Waals surface area contributed by atoms with E-state index in [9.17, 15) is 18.3 Å². The van der Waals surface area contributed by atoms with Crippen molar-refractivity contribution in [2.45, 2.75) is 76.9 Å². The maximum absolute atomic E-state index is 14.0. The van der Waals surface area contributed by atoms with Gasteiger partial charge in [0.2, 0.25) is 5.88 Å². The number of aromatic nitrogens is 1. The van der Waals surface area contributed by atoms with Gasteiger partial charge in [0.1, 0.15) is 0 Å². The fourth-order valence-electron chi connectivity index (χ4n) is 7.04. The highest BCUT2D eigenvalue weighted by Gasteiger charge is 2.55. The molecule has 41 heavy (non-hydrogen) atoms. The first-order chi connectivity index (χ1) is 19.7. The topological polar surface area (TPSA) is 48.8 Å². The Balaban J connectivity index is 1.11. The minimum atomic E-state index is -4.13. The summed E-state index contributed by atoms with van der Waals surface area (Å²) in [5.41, 5.74) is 3.74. The molecule has 224 valence electrons. The summed E-state index contributed by atoms with van der Waals surface area (Å²) in [6.45, 7) is 9.54. The molecule has 8 heteroatoms. The minimum Gasteiger partial charge on any atom is -0.477 e. The number of hydrogen-bond donors (Lipinski definition) is 1. The number of alkyl halides is 3. The van der Waals surface area contributed by atoms with Crippen LogP contribution in [0.4, 0.5) is 13.2 Å². The average Bonchev–Trinajstić information content (AvgIpc) is 3.46. The first-order valence-electron chi connectivity index (χ1n) is 15.2. The first kappa shape index (κ1) is 29.9. The molecule has 3 aliphatic rings. The molecule has 2 saturated heterocycles. The van der Waals surface area contributed by atoms with Crippen LogP contribution in [-0.2, 0) is 0 Å². The molecule has 0 bridgehead atoms. The Labute approximate surface area is 242 Å². The van der Waals surface area contributed by atoms with E-state index >= 15 is 0 Å². The molecule has 1 unspecified atom stereocenters. The Bertz CT molecular complexity index is 1170. The van der Waals surface area contributed by atoms with Gasteiger partial charge in [0, 0.05) is 42.2 Å². The molecule has 1 aromatic carbocycles. The summed E-state index contributed by atoms with van der Waals surface area (Å²) in [7, 11) is 0. The van der Waals surface area contributed by atoms with Crippen LogP contribution in [0.3, 0.4) is 0 Å². The highest BCUT2D eigenvalue weighted by molar-refractivity contribution is 5.71. The van der Waals surface area contributed by atoms with Crippen LogP contribution < -0.4 is 4.74 Å². The normalized spacial score (nSPS) is 22.2. The van der Waals surface area contributed by atoms with E-state index < -0.39 is 11.6 Å². The van der Waals surface area contributed by atoms with E-state index in [1.54, 1.807) is 0 Å². The quantitative estimate of drug-likeness (QED) is 0.348. The fraction of sp³-hybridized carbons (Fsp3) is 0.606. The highest BCUT2D eigenvalue weighted by atomic mass is 19.4. The SMILES string of the molecule is C=C(c1ccc(-c2ccc(OCC3CCN(CC4(C(F)(F)F)CCCCC4)CC3)nc2)cc1C)N1CCCC1CO. The summed E-state index contributed by atoms with van der Waals surface area (Å²) >= 11 is 0. The maximum Gasteiger partial charge on any atom is 0.395 e. The van der Waals surface area contributed by atoms with Gasteiger partial charge in [-0.15, -0.1) is 0 Å². The van der Waals surface area contributed by atoms with Crippen LogP contribution in [0.5, 0.6) is 5.88 Å². The van der Waals surface area contributed by atoms with E-state index in [2.05, 4.69) is 41.6 Å². The molecule has 5 nitrogen and oxygen atoms in total. The van der Waals surface area contributed by atoms with Crippen molar-refractivity contribution in [2.75, 3.05) is 39.4 Å². The number of likely N-dealkylation sites (tertiary alicyclic amines) is 2. The molecule has 0 radical (unpaired) electrons. The Hall–Kier alpha value is -2.58. The summed E-state index contributed by atoms with van der Waals surface area (Å²) < 4.78 is 47.9. The number of nitrogens with zero attached hydrogens (tertiary/aromatic N) is 3. The van der Waals surface area contributed by atoms with Crippen LogP contribution in [0.15, 0.2) is 43.1 Å². The Morgan fingerprint density at radius 2 is 1.76 bits per heavy atom. The van der Waals surface area contributed by atoms with Crippen LogP contribution in [0, 0.1) is 18.3 Å². The second-order valence-corrected chi connectivity index (χ2v) is 12.4. The van der Waals surface area contributed by atoms with E-state index in [0.717, 1.165) is 66.6 Å². The molecule has 0 spiro atoms. The van der Waals surface area contributed by atoms with Gasteiger partial charge in [-0.25, -0.2) is 4.98 Å². The van der Waals surface area contributed by atoms with Gasteiger partial charge < -0.3 is 19.6 Å². The van der Waals surface area contributed by atoms with Crippen molar-refractivity contribution in [3.63, 3.8) is 0 Å². The van der Waals surface area contributed by atoms with Gasteiger partial charge in [-0.05, 0) is 81.6 Å². The summed E-state index contributed by atoms with van der Waals surface area (Å²) in [5, 5.41) is 9.69. The van der Waals surface area contributed by atoms with Crippen LogP contribution in [0.25, 0.3) is 16.8 Å². The van der Waals surface area contributed by atoms with E-state index in [1.165, 1.54) is 0 Å². The van der Waals surface area contributed by atoms with Gasteiger partial charge in [0.15, 0.2) is 0 Å². The molecule has 1 aliphatic carbocycles. The standard InChI is InChI=1S/C33H44F3N3O2/c1-24-19-27(8-10-30(24)25(2)39-16-6-7-29(39)21-40)28-9-11-31(37-20-28)41-22-26-12-17-38(18-13-26)23-32(33(34,35)36)14-4-3-5-15-32/h8-11,19-20,26,29,40H,2-7,12-18,21-23H2,1H3. The predicted molar refractivity (Wildman–Crippen MR) is 156 cm³/mol. The molecule has 3 fully saturated rings. The number of rotatable bonds is 9. The van der Waals surface area contributed by atoms with Crippen molar-refractivity contribution in [3.05, 3.63) is 54.2 Å². The van der Waals surface area contributed by atoms with Crippen LogP contribution >= 0.6 is 0 Å². The lowest BCUT2D eigenvalue weighted by atomic mass is 9.72. The molecule has 5 rings (SSSR count). The molecular formula is C33H44F3N3O2. The van der Waals surface area contributed by atoms with Gasteiger partial charge in [-0.2, -0.15) is 13.2 Å². The molecule has 0 amide bonds. The van der Waals surface area contributed by atoms with Gasteiger partial charge in [0.05, 0.1) is 24.7 Å². The molecule has 1 N–H and O–H groups in total. The molecular weight excluding hydrogens is 527 g/mol. The Morgan fingerprint density at radius 1 is 1.02 bits per heavy atom. The Morgan fingerprint density at radius 3 is 2.39 bits per heavy atom. The van der Waals surface area contributed by atoms with Crippen molar-refractivity contribution in [1.29, 1.82) is 0 Å². The number of pyridine rings is 1. The molecule has 3 heterocycles. The minimum absolute atomic E-state index is 0.142. The number of hydrogen-bond acceptors (Lipinski definition) is 5. The van der Waals surface area contributed by atoms with Crippen molar-refractivity contribution in [3.8, 4) is 17.0 Å². The third-order valence-corrected chi connectivity index (χ3v) is 9.65. The fourth-order valence-corrected chi connectivity index (χ4v) is 7.04. The number of aryl methyl sites for hydroxylation is 1. The predicted octanol–water partition coefficient (Wildman–Crippen LogP) is 7.09. The van der Waals surface area contributed by atoms with Crippen molar-refractivity contribution < 1.29 is 23.0 Å². The highest BCUT2D eigenvalue weighted by Crippen LogP contribution is 2.49. The number of aliphatic hydroxyl groups excluding tert-OH is 1. The molecule has 1 saturated carbocycles. The van der Waals surface area contributed by atoms with Crippen molar-refractivity contribution in [2.24, 2.45) is 11.3 Å². The number of piperidine rings is 1. The number of aliphatic hydroxyl groups is 1. The first-order valence-corrected chi connectivity index (χ1v) is 15.2. The smallest absolute Gasteiger partial charge is 0.395 e. The molecule has 2 aliphatic heterocycles. The monoisotopic (exact) mass is 571 g/mol. The van der Waals surface area contributed by atoms with E-state index in [4.69, 9.17) is 4.74 Å². The lowest BCUT2D eigenvalue weighted by Gasteiger charge is -2.44. The van der Waals surface area contributed by atoms with Gasteiger partial charge in [-0.1, -0.05) is 44.0 Å². The van der Waals surface area contributed by atoms with Gasteiger partial charge in [0.25, 0.3) is 0 Å². The van der Waals surface area contributed by atoms with Gasteiger partial charge in [-0.3, -0.25) is 0 Å². The van der Waals surface area contributed by atoms with Crippen LogP contribution in [0.1, 0.15) is 68.9 Å². The molecule has 2 aromatic rings. The lowest BCUT2D eigenvalue weighted by molar-refractivity contribution is -0.240. The largest absolute Gasteiger partial charge is 0.477 e. The molecule has 1 aromatic heterocycles. The molecule has 1 atom stereocenters. The van der Waals surface area contributed by atoms with Crippen LogP contribution in [-0.4, -0.2) is 71.5 Å².